The molecule has 4 fully saturated rings. The van der Waals surface area contributed by atoms with Gasteiger partial charge in [0.2, 0.25) is 0 Å². The van der Waals surface area contributed by atoms with E-state index < -0.39 is 23.6 Å². The Hall–Kier alpha value is -2.01. The highest BCUT2D eigenvalue weighted by Gasteiger charge is 2.61. The zero-order chi connectivity index (χ0) is 27.0. The van der Waals surface area contributed by atoms with Crippen molar-refractivity contribution in [1.29, 1.82) is 0 Å². The van der Waals surface area contributed by atoms with E-state index in [1.807, 2.05) is 32.1 Å². The summed E-state index contributed by atoms with van der Waals surface area (Å²) in [6.45, 7) is 13.5. The Morgan fingerprint density at radius 2 is 2.05 bits per heavy atom. The Bertz CT molecular complexity index is 952. The number of allylic oxidation sites excluding steroid dienone is 2. The molecule has 37 heavy (non-hydrogen) atoms. The zero-order valence-electron chi connectivity index (χ0n) is 22.4. The Morgan fingerprint density at radius 3 is 2.73 bits per heavy atom. The van der Waals surface area contributed by atoms with Crippen LogP contribution >= 0.6 is 0 Å². The van der Waals surface area contributed by atoms with E-state index in [1.54, 1.807) is 13.0 Å². The Morgan fingerprint density at radius 1 is 1.32 bits per heavy atom. The van der Waals surface area contributed by atoms with Crippen molar-refractivity contribution in [2.24, 2.45) is 5.92 Å². The molecule has 0 aromatic carbocycles. The van der Waals surface area contributed by atoms with Gasteiger partial charge in [-0.3, -0.25) is 10.1 Å². The number of ether oxygens (including phenoxy) is 5. The van der Waals surface area contributed by atoms with Gasteiger partial charge in [0, 0.05) is 19.8 Å². The molecule has 3 N–H and O–H groups in total. The predicted octanol–water partition coefficient (Wildman–Crippen LogP) is 2.64. The summed E-state index contributed by atoms with van der Waals surface area (Å²) in [6.07, 6.45) is 9.47. The second-order valence-corrected chi connectivity index (χ2v) is 11.1. The standard InChI is InChI=1S/C28H41NO8/c1-16(8-11-23-25(31)28(15-33-28)14-27(6,32)37-23)7-10-22-17(2)13-21(19(4)35-22)29-26-24(36-26)12-9-18(3)34-20(5)30/h7-9,11-12,17-18,21-26,29,31-32H,4,10,13-15H2,1-3,5-6H3/b11-8+,12-9-,16-7+/t17-,18-,21+,22?,23?,24?,25+,26?,27-,28+/m0/s1. The smallest absolute Gasteiger partial charge is 0.303 e. The van der Waals surface area contributed by atoms with Crippen LogP contribution in [0, 0.1) is 5.92 Å². The first-order valence-electron chi connectivity index (χ1n) is 13.1. The second-order valence-electron chi connectivity index (χ2n) is 11.1. The molecule has 4 aliphatic heterocycles. The molecule has 4 rings (SSSR count). The van der Waals surface area contributed by atoms with Gasteiger partial charge in [-0.1, -0.05) is 43.4 Å². The number of hydrogen-bond donors (Lipinski definition) is 3. The van der Waals surface area contributed by atoms with Gasteiger partial charge >= 0.3 is 5.97 Å². The summed E-state index contributed by atoms with van der Waals surface area (Å²) in [5, 5.41) is 24.4. The molecule has 0 aromatic rings. The zero-order valence-corrected chi connectivity index (χ0v) is 22.4. The van der Waals surface area contributed by atoms with Gasteiger partial charge in [0.25, 0.3) is 0 Å². The van der Waals surface area contributed by atoms with Crippen molar-refractivity contribution < 1.29 is 38.7 Å². The van der Waals surface area contributed by atoms with Gasteiger partial charge in [0.1, 0.15) is 48.1 Å². The van der Waals surface area contributed by atoms with Gasteiger partial charge in [-0.25, -0.2) is 0 Å². The molecule has 206 valence electrons. The van der Waals surface area contributed by atoms with Crippen LogP contribution in [-0.2, 0) is 28.5 Å². The van der Waals surface area contributed by atoms with Gasteiger partial charge in [-0.05, 0) is 39.2 Å². The van der Waals surface area contributed by atoms with Crippen LogP contribution in [0.25, 0.3) is 0 Å². The number of epoxide rings is 2. The van der Waals surface area contributed by atoms with E-state index in [-0.39, 0.29) is 43.0 Å². The number of nitrogens with one attached hydrogen (secondary N) is 1. The maximum absolute atomic E-state index is 11.0. The molecule has 4 aliphatic rings. The van der Waals surface area contributed by atoms with Crippen LogP contribution in [0.2, 0.25) is 0 Å². The lowest BCUT2D eigenvalue weighted by molar-refractivity contribution is -0.272. The summed E-state index contributed by atoms with van der Waals surface area (Å²) in [5.74, 6) is -0.634. The number of carbonyl (C=O) groups excluding carboxylic acids is 1. The summed E-state index contributed by atoms with van der Waals surface area (Å²) < 4.78 is 28.1. The minimum absolute atomic E-state index is 0.000194. The molecule has 0 amide bonds. The number of aliphatic hydroxyl groups excluding tert-OH is 1. The first kappa shape index (κ1) is 28.0. The molecule has 9 heteroatoms. The third kappa shape index (κ3) is 7.31. The summed E-state index contributed by atoms with van der Waals surface area (Å²) in [7, 11) is 0. The topological polar surface area (TPSA) is 122 Å². The van der Waals surface area contributed by atoms with Crippen LogP contribution in [0.5, 0.6) is 0 Å². The highest BCUT2D eigenvalue weighted by molar-refractivity contribution is 5.66. The number of rotatable bonds is 9. The van der Waals surface area contributed by atoms with E-state index in [1.165, 1.54) is 6.92 Å². The van der Waals surface area contributed by atoms with E-state index in [2.05, 4.69) is 24.9 Å². The fourth-order valence-corrected chi connectivity index (χ4v) is 5.14. The number of esters is 1. The molecule has 9 nitrogen and oxygen atoms in total. The lowest BCUT2D eigenvalue weighted by Gasteiger charge is -2.40. The third-order valence-electron chi connectivity index (χ3n) is 7.35. The first-order valence-corrected chi connectivity index (χ1v) is 13.1. The summed E-state index contributed by atoms with van der Waals surface area (Å²) >= 11 is 0. The number of hydrogen-bond acceptors (Lipinski definition) is 9. The number of carbonyl (C=O) groups is 1. The Labute approximate surface area is 219 Å². The van der Waals surface area contributed by atoms with E-state index in [0.29, 0.717) is 18.3 Å². The normalized spacial score (nSPS) is 42.7. The maximum atomic E-state index is 11.0. The molecule has 0 saturated carbocycles. The molecule has 4 unspecified atom stereocenters. The average Bonchev–Trinajstić information content (AvgIpc) is 3.72. The molecule has 4 heterocycles. The quantitative estimate of drug-likeness (QED) is 0.183. The van der Waals surface area contributed by atoms with E-state index in [4.69, 9.17) is 23.7 Å². The summed E-state index contributed by atoms with van der Waals surface area (Å²) in [6, 6.07) is 0.000194. The third-order valence-corrected chi connectivity index (χ3v) is 7.35. The number of aliphatic hydroxyl groups is 2. The molecule has 0 bridgehead atoms. The minimum atomic E-state index is -1.33. The Balaban J connectivity index is 1.23. The first-order chi connectivity index (χ1) is 17.4. The van der Waals surface area contributed by atoms with Crippen molar-refractivity contribution in [2.45, 2.75) is 108 Å². The lowest BCUT2D eigenvalue weighted by Crippen LogP contribution is -2.54. The molecular weight excluding hydrogens is 478 g/mol. The van der Waals surface area contributed by atoms with Gasteiger partial charge in [-0.2, -0.15) is 0 Å². The molecule has 10 atom stereocenters. The molecule has 0 radical (unpaired) electrons. The van der Waals surface area contributed by atoms with Crippen molar-refractivity contribution in [3.8, 4) is 0 Å². The van der Waals surface area contributed by atoms with E-state index >= 15 is 0 Å². The maximum Gasteiger partial charge on any atom is 0.303 e. The predicted molar refractivity (Wildman–Crippen MR) is 136 cm³/mol. The van der Waals surface area contributed by atoms with Crippen molar-refractivity contribution >= 4 is 5.97 Å². The van der Waals surface area contributed by atoms with Crippen LogP contribution in [0.1, 0.15) is 53.9 Å². The average molecular weight is 520 g/mol. The van der Waals surface area contributed by atoms with Crippen LogP contribution in [0.4, 0.5) is 0 Å². The largest absolute Gasteiger partial charge is 0.493 e. The lowest BCUT2D eigenvalue weighted by atomic mass is 9.87. The molecule has 4 saturated heterocycles. The second kappa shape index (κ2) is 11.0. The van der Waals surface area contributed by atoms with Gasteiger partial charge < -0.3 is 33.9 Å². The van der Waals surface area contributed by atoms with Crippen molar-refractivity contribution in [1.82, 2.24) is 5.32 Å². The van der Waals surface area contributed by atoms with Crippen LogP contribution in [0.15, 0.2) is 48.3 Å². The van der Waals surface area contributed by atoms with Crippen molar-refractivity contribution in [3.05, 3.63) is 48.3 Å². The summed E-state index contributed by atoms with van der Waals surface area (Å²) in [5.41, 5.74) is 0.312. The highest BCUT2D eigenvalue weighted by Crippen LogP contribution is 2.45. The van der Waals surface area contributed by atoms with Gasteiger partial charge in [0.15, 0.2) is 5.79 Å². The molecule has 0 aliphatic carbocycles. The van der Waals surface area contributed by atoms with E-state index in [0.717, 1.165) is 18.4 Å². The van der Waals surface area contributed by atoms with Crippen molar-refractivity contribution in [2.75, 3.05) is 6.61 Å². The van der Waals surface area contributed by atoms with Gasteiger partial charge in [-0.15, -0.1) is 0 Å². The molecular formula is C28H41NO8. The van der Waals surface area contributed by atoms with Crippen LogP contribution in [0.3, 0.4) is 0 Å². The SMILES string of the molecule is C=C1OC(C/C=C(C)/C=C/C2O[C@](C)(O)C[C@@]3(CO3)[C@@H]2O)[C@@H](C)C[C@H]1NC1OC1/C=C\[C@H](C)OC(C)=O. The molecule has 0 aromatic heterocycles. The minimum Gasteiger partial charge on any atom is -0.493 e. The highest BCUT2D eigenvalue weighted by atomic mass is 16.7. The fraction of sp³-hybridized carbons (Fsp3) is 0.679. The van der Waals surface area contributed by atoms with Crippen LogP contribution in [-0.4, -0.2) is 77.0 Å². The summed E-state index contributed by atoms with van der Waals surface area (Å²) in [4.78, 5) is 11.0. The Kier molecular flexibility index (Phi) is 8.33. The van der Waals surface area contributed by atoms with Crippen molar-refractivity contribution in [3.63, 3.8) is 0 Å². The van der Waals surface area contributed by atoms with Crippen LogP contribution < -0.4 is 5.32 Å². The molecule has 1 spiro atoms. The van der Waals surface area contributed by atoms with Gasteiger partial charge in [0.05, 0.1) is 12.6 Å². The monoisotopic (exact) mass is 519 g/mol. The fourth-order valence-electron chi connectivity index (χ4n) is 5.14. The van der Waals surface area contributed by atoms with E-state index in [9.17, 15) is 15.0 Å².